The van der Waals surface area contributed by atoms with E-state index < -0.39 is 7.82 Å². The Hall–Kier alpha value is -8.89. The van der Waals surface area contributed by atoms with E-state index in [9.17, 15) is 0 Å². The molecule has 0 atom stereocenters. The van der Waals surface area contributed by atoms with Crippen LogP contribution >= 0.6 is 7.82 Å². The van der Waals surface area contributed by atoms with Crippen LogP contribution in [0.15, 0.2) is 218 Å². The second-order valence-electron chi connectivity index (χ2n) is 28.3. The summed E-state index contributed by atoms with van der Waals surface area (Å²) in [5, 5.41) is 0. The Morgan fingerprint density at radius 1 is 0.287 bits per heavy atom. The molecule has 9 aromatic rings. The van der Waals surface area contributed by atoms with Crippen LogP contribution in [0.25, 0.3) is 33.4 Å². The number of phosphoric ester groups is 1. The highest BCUT2D eigenvalue weighted by Gasteiger charge is 2.34. The summed E-state index contributed by atoms with van der Waals surface area (Å²) < 4.78 is 54.5. The van der Waals surface area contributed by atoms with Crippen LogP contribution in [-0.4, -0.2) is 96.4 Å². The molecule has 9 rings (SSSR count). The Balaban J connectivity index is 1.12. The van der Waals surface area contributed by atoms with E-state index in [0.29, 0.717) is 54.8 Å². The summed E-state index contributed by atoms with van der Waals surface area (Å²) in [6.45, 7) is 24.3. The fraction of sp³-hybridized carbons (Fsp3) is 0.333. The second-order valence-corrected chi connectivity index (χ2v) is 29.8. The molecule has 0 aliphatic carbocycles. The number of ether oxygens (including phenoxy) is 3. The van der Waals surface area contributed by atoms with Crippen LogP contribution in [0.3, 0.4) is 0 Å². The molecule has 0 aliphatic rings. The predicted molar refractivity (Wildman–Crippen MR) is 424 cm³/mol. The number of benzene rings is 9. The van der Waals surface area contributed by atoms with Gasteiger partial charge in [-0.3, -0.25) is 0 Å². The molecule has 0 fully saturated rings. The Morgan fingerprint density at radius 3 is 0.653 bits per heavy atom. The molecule has 0 aliphatic heterocycles. The standard InChI is InChI=1S/C90H108N3O7P/c1-16-85(70-25-19-67(20-26-70)61-64(4)5)88(73-31-43-79(44-32-73)95-58-55-91(10)11)76-37-49-82(50-38-76)98-101(94,99-83-51-39-77(40-52-83)89(74-33-45-80(46-34-74)96-59-56-92(12)13)86(17-2)71-27-21-68(22-28-71)62-65(6)7)100-84-53-41-78(42-54-84)90(75-35-47-81(48-36-75)97-60-57-93(14)15)87(18-3)72-29-23-69(24-30-72)63-66(8)9/h19-54,64-66H,16-18,55-63H2,1-15H3/b88-85-,89-86-,90-87-. The maximum atomic E-state index is 16.0. The zero-order valence-electron chi connectivity index (χ0n) is 62.6. The van der Waals surface area contributed by atoms with Crippen molar-refractivity contribution in [3.8, 4) is 34.5 Å². The first-order valence-electron chi connectivity index (χ1n) is 36.3. The first kappa shape index (κ1) is 76.3. The topological polar surface area (TPSA) is 82.2 Å². The summed E-state index contributed by atoms with van der Waals surface area (Å²) in [6.07, 6.45) is 5.34. The summed E-state index contributed by atoms with van der Waals surface area (Å²) in [4.78, 5) is 6.34. The smallest absolute Gasteiger partial charge is 0.492 e. The second kappa shape index (κ2) is 37.2. The lowest BCUT2D eigenvalue weighted by molar-refractivity contribution is 0.261. The Kier molecular flexibility index (Phi) is 28.1. The molecule has 0 aromatic heterocycles. The van der Waals surface area contributed by atoms with Crippen molar-refractivity contribution in [3.63, 3.8) is 0 Å². The van der Waals surface area contributed by atoms with Gasteiger partial charge in [0.1, 0.15) is 54.3 Å². The molecular formula is C90H108N3O7P. The zero-order valence-corrected chi connectivity index (χ0v) is 63.5. The third-order valence-electron chi connectivity index (χ3n) is 17.7. The molecule has 9 aromatic carbocycles. The van der Waals surface area contributed by atoms with Gasteiger partial charge in [-0.15, -0.1) is 0 Å². The fourth-order valence-corrected chi connectivity index (χ4v) is 14.0. The summed E-state index contributed by atoms with van der Waals surface area (Å²) in [6, 6.07) is 75.4. The molecular weight excluding hydrogens is 1270 g/mol. The fourth-order valence-electron chi connectivity index (χ4n) is 12.7. The summed E-state index contributed by atoms with van der Waals surface area (Å²) in [5.41, 5.74) is 20.2. The quantitative estimate of drug-likeness (QED) is 0.0280. The molecule has 0 radical (unpaired) electrons. The van der Waals surface area contributed by atoms with E-state index in [0.717, 1.165) is 142 Å². The molecule has 0 heterocycles. The number of phosphoric acid groups is 1. The number of nitrogens with zero attached hydrogens (tertiary/aromatic N) is 3. The van der Waals surface area contributed by atoms with Crippen LogP contribution in [0.2, 0.25) is 0 Å². The normalized spacial score (nSPS) is 12.6. The maximum Gasteiger partial charge on any atom is 0.647 e. The van der Waals surface area contributed by atoms with Gasteiger partial charge in [-0.25, -0.2) is 0 Å². The van der Waals surface area contributed by atoms with Gasteiger partial charge in [0.05, 0.1) is 0 Å². The van der Waals surface area contributed by atoms with E-state index in [1.54, 1.807) is 0 Å². The zero-order chi connectivity index (χ0) is 72.0. The molecule has 101 heavy (non-hydrogen) atoms. The number of hydrogen-bond acceptors (Lipinski definition) is 10. The van der Waals surface area contributed by atoms with Crippen LogP contribution < -0.4 is 27.8 Å². The molecule has 530 valence electrons. The molecule has 0 N–H and O–H groups in total. The van der Waals surface area contributed by atoms with Crippen LogP contribution in [0, 0.1) is 17.8 Å². The molecule has 0 saturated heterocycles. The molecule has 0 spiro atoms. The Morgan fingerprint density at radius 2 is 0.475 bits per heavy atom. The highest BCUT2D eigenvalue weighted by Crippen LogP contribution is 2.51. The highest BCUT2D eigenvalue weighted by molar-refractivity contribution is 7.49. The van der Waals surface area contributed by atoms with E-state index >= 15 is 4.57 Å². The average molecular weight is 1370 g/mol. The first-order chi connectivity index (χ1) is 48.7. The van der Waals surface area contributed by atoms with Crippen molar-refractivity contribution in [1.82, 2.24) is 14.7 Å². The van der Waals surface area contributed by atoms with Gasteiger partial charge in [0.15, 0.2) is 0 Å². The number of hydrogen-bond donors (Lipinski definition) is 0. The lowest BCUT2D eigenvalue weighted by Gasteiger charge is -2.21. The van der Waals surface area contributed by atoms with Crippen LogP contribution in [0.5, 0.6) is 34.5 Å². The van der Waals surface area contributed by atoms with Crippen molar-refractivity contribution < 1.29 is 32.3 Å². The van der Waals surface area contributed by atoms with E-state index in [4.69, 9.17) is 27.8 Å². The van der Waals surface area contributed by atoms with Gasteiger partial charge in [0.25, 0.3) is 0 Å². The molecule has 10 nitrogen and oxygen atoms in total. The van der Waals surface area contributed by atoms with Crippen LogP contribution in [0.4, 0.5) is 0 Å². The van der Waals surface area contributed by atoms with Gasteiger partial charge in [0.2, 0.25) is 0 Å². The van der Waals surface area contributed by atoms with Gasteiger partial charge >= 0.3 is 7.82 Å². The summed E-state index contributed by atoms with van der Waals surface area (Å²) in [7, 11) is 7.69. The van der Waals surface area contributed by atoms with Gasteiger partial charge < -0.3 is 42.5 Å². The number of likely N-dealkylation sites (N-methyl/N-ethyl adjacent to an activating group) is 3. The van der Waals surface area contributed by atoms with Gasteiger partial charge in [-0.2, -0.15) is 4.57 Å². The minimum Gasteiger partial charge on any atom is -0.492 e. The van der Waals surface area contributed by atoms with E-state index in [1.807, 2.05) is 151 Å². The van der Waals surface area contributed by atoms with Crippen LogP contribution in [-0.2, 0) is 23.8 Å². The van der Waals surface area contributed by atoms with Crippen molar-refractivity contribution in [2.75, 3.05) is 81.7 Å². The van der Waals surface area contributed by atoms with E-state index in [-0.39, 0.29) is 0 Å². The molecule has 0 bridgehead atoms. The maximum absolute atomic E-state index is 16.0. The van der Waals surface area contributed by atoms with Crippen molar-refractivity contribution in [2.24, 2.45) is 17.8 Å². The SMILES string of the molecule is CC/C(=C(\c1ccc(OCCN(C)C)cc1)c1ccc(OP(=O)(Oc2ccc(/C(=C(/CC)c3ccc(CC(C)C)cc3)c3ccc(OCCN(C)C)cc3)cc2)Oc2ccc(/C(=C(/CC)c3ccc(CC(C)C)cc3)c3ccc(OCCN(C)C)cc3)cc2)cc1)c1ccc(CC(C)C)cc1. The Labute approximate surface area is 604 Å². The third kappa shape index (κ3) is 22.3. The third-order valence-corrected chi connectivity index (χ3v) is 19.0. The van der Waals surface area contributed by atoms with Crippen molar-refractivity contribution in [3.05, 3.63) is 285 Å². The van der Waals surface area contributed by atoms with Gasteiger partial charge in [-0.1, -0.05) is 208 Å². The molecule has 11 heteroatoms. The van der Waals surface area contributed by atoms with Gasteiger partial charge in [0, 0.05) is 19.6 Å². The summed E-state index contributed by atoms with van der Waals surface area (Å²) >= 11 is 0. The van der Waals surface area contributed by atoms with E-state index in [1.165, 1.54) is 33.4 Å². The lowest BCUT2D eigenvalue weighted by Crippen LogP contribution is -2.19. The minimum atomic E-state index is -4.59. The van der Waals surface area contributed by atoms with Crippen molar-refractivity contribution >= 4 is 41.3 Å². The van der Waals surface area contributed by atoms with Crippen LogP contribution in [0.1, 0.15) is 148 Å². The monoisotopic (exact) mass is 1370 g/mol. The largest absolute Gasteiger partial charge is 0.647 e. The number of allylic oxidation sites excluding steroid dienone is 3. The van der Waals surface area contributed by atoms with Crippen molar-refractivity contribution in [1.29, 1.82) is 0 Å². The van der Waals surface area contributed by atoms with Crippen molar-refractivity contribution in [2.45, 2.75) is 101 Å². The first-order valence-corrected chi connectivity index (χ1v) is 37.7. The minimum absolute atomic E-state index is 0.308. The Bertz CT molecular complexity index is 3740. The van der Waals surface area contributed by atoms with Gasteiger partial charge in [-0.05, 0) is 272 Å². The average Bonchev–Trinajstić information content (AvgIpc) is 0.804. The predicted octanol–water partition coefficient (Wildman–Crippen LogP) is 21.9. The molecule has 0 amide bonds. The van der Waals surface area contributed by atoms with E-state index in [2.05, 4.69) is 186 Å². The number of rotatable bonds is 36. The molecule has 0 unspecified atom stereocenters. The molecule has 0 saturated carbocycles. The highest BCUT2D eigenvalue weighted by atomic mass is 31.2. The summed E-state index contributed by atoms with van der Waals surface area (Å²) in [5.74, 6) is 4.99. The lowest BCUT2D eigenvalue weighted by atomic mass is 9.87.